The van der Waals surface area contributed by atoms with Crippen LogP contribution in [-0.4, -0.2) is 45.5 Å². The van der Waals surface area contributed by atoms with Crippen LogP contribution in [0, 0.1) is 0 Å². The predicted octanol–water partition coefficient (Wildman–Crippen LogP) is 2.23. The van der Waals surface area contributed by atoms with E-state index in [0.29, 0.717) is 0 Å². The highest BCUT2D eigenvalue weighted by atomic mass is 16.6. The van der Waals surface area contributed by atoms with E-state index >= 15 is 0 Å². The average Bonchev–Trinajstić information content (AvgIpc) is 2.92. The minimum Gasteiger partial charge on any atom is -0.444 e. The van der Waals surface area contributed by atoms with Crippen LogP contribution in [0.5, 0.6) is 0 Å². The molecule has 112 valence electrons. The molecule has 1 aromatic rings. The fraction of sp³-hybridized carbons (Fsp3) is 0.714. The molecule has 1 aliphatic rings. The standard InChI is InChI=1S/C14H24N4O2/c1-14(2,3)20-13(19)18-7-5-6-12(18)9-15-11-8-16-17(4)10-11/h8,10,12,15H,5-7,9H2,1-4H3/t12-/m0/s1. The Labute approximate surface area is 120 Å². The van der Waals surface area contributed by atoms with Crippen LogP contribution in [0.1, 0.15) is 33.6 Å². The molecule has 0 spiro atoms. The molecule has 0 bridgehead atoms. The number of anilines is 1. The number of likely N-dealkylation sites (tertiary alicyclic amines) is 1. The lowest BCUT2D eigenvalue weighted by atomic mass is 10.2. The van der Waals surface area contributed by atoms with Gasteiger partial charge < -0.3 is 15.0 Å². The van der Waals surface area contributed by atoms with Crippen LogP contribution < -0.4 is 5.32 Å². The summed E-state index contributed by atoms with van der Waals surface area (Å²) in [5.74, 6) is 0. The second-order valence-electron chi connectivity index (χ2n) is 6.25. The first-order chi connectivity index (χ1) is 9.35. The van der Waals surface area contributed by atoms with Crippen molar-refractivity contribution in [3.63, 3.8) is 0 Å². The van der Waals surface area contributed by atoms with E-state index in [1.54, 1.807) is 10.9 Å². The van der Waals surface area contributed by atoms with Crippen molar-refractivity contribution >= 4 is 11.8 Å². The number of nitrogens with one attached hydrogen (secondary N) is 1. The molecule has 1 aliphatic heterocycles. The van der Waals surface area contributed by atoms with E-state index in [-0.39, 0.29) is 12.1 Å². The second kappa shape index (κ2) is 5.73. The smallest absolute Gasteiger partial charge is 0.410 e. The molecule has 0 aliphatic carbocycles. The Bertz CT molecular complexity index is 464. The average molecular weight is 280 g/mol. The van der Waals surface area contributed by atoms with Crippen LogP contribution in [0.2, 0.25) is 0 Å². The van der Waals surface area contributed by atoms with Gasteiger partial charge in [-0.3, -0.25) is 4.68 Å². The number of aromatic nitrogens is 2. The van der Waals surface area contributed by atoms with Crippen LogP contribution in [0.3, 0.4) is 0 Å². The van der Waals surface area contributed by atoms with E-state index in [1.165, 1.54) is 0 Å². The molecule has 2 rings (SSSR count). The number of hydrogen-bond acceptors (Lipinski definition) is 4. The van der Waals surface area contributed by atoms with Gasteiger partial charge in [0, 0.05) is 26.3 Å². The number of nitrogens with zero attached hydrogens (tertiary/aromatic N) is 3. The Morgan fingerprint density at radius 1 is 1.55 bits per heavy atom. The zero-order valence-corrected chi connectivity index (χ0v) is 12.7. The Kier molecular flexibility index (Phi) is 4.20. The van der Waals surface area contributed by atoms with Gasteiger partial charge in [-0.1, -0.05) is 0 Å². The monoisotopic (exact) mass is 280 g/mol. The molecule has 0 radical (unpaired) electrons. The first-order valence-electron chi connectivity index (χ1n) is 7.07. The molecule has 0 unspecified atom stereocenters. The van der Waals surface area contributed by atoms with Crippen LogP contribution in [0.4, 0.5) is 10.5 Å². The van der Waals surface area contributed by atoms with Crippen LogP contribution in [-0.2, 0) is 11.8 Å². The highest BCUT2D eigenvalue weighted by molar-refractivity contribution is 5.69. The summed E-state index contributed by atoms with van der Waals surface area (Å²) in [5, 5.41) is 7.44. The highest BCUT2D eigenvalue weighted by Gasteiger charge is 2.31. The number of ether oxygens (including phenoxy) is 1. The molecule has 6 nitrogen and oxygen atoms in total. The number of hydrogen-bond donors (Lipinski definition) is 1. The lowest BCUT2D eigenvalue weighted by Gasteiger charge is -2.28. The third-order valence-electron chi connectivity index (χ3n) is 3.25. The van der Waals surface area contributed by atoms with Crippen LogP contribution >= 0.6 is 0 Å². The molecule has 1 N–H and O–H groups in total. The van der Waals surface area contributed by atoms with Crippen molar-refractivity contribution in [1.82, 2.24) is 14.7 Å². The zero-order valence-electron chi connectivity index (χ0n) is 12.7. The molecule has 1 amide bonds. The number of aryl methyl sites for hydroxylation is 1. The first kappa shape index (κ1) is 14.7. The summed E-state index contributed by atoms with van der Waals surface area (Å²) in [6, 6.07) is 0.185. The van der Waals surface area contributed by atoms with Crippen molar-refractivity contribution in [2.75, 3.05) is 18.4 Å². The maximum absolute atomic E-state index is 12.1. The van der Waals surface area contributed by atoms with Gasteiger partial charge in [0.1, 0.15) is 5.60 Å². The van der Waals surface area contributed by atoms with Gasteiger partial charge in [0.25, 0.3) is 0 Å². The summed E-state index contributed by atoms with van der Waals surface area (Å²) in [4.78, 5) is 14.0. The van der Waals surface area contributed by atoms with E-state index in [0.717, 1.165) is 31.6 Å². The number of amides is 1. The number of rotatable bonds is 3. The van der Waals surface area contributed by atoms with Crippen molar-refractivity contribution < 1.29 is 9.53 Å². The zero-order chi connectivity index (χ0) is 14.8. The predicted molar refractivity (Wildman–Crippen MR) is 77.7 cm³/mol. The molecule has 20 heavy (non-hydrogen) atoms. The van der Waals surface area contributed by atoms with Crippen molar-refractivity contribution in [2.24, 2.45) is 7.05 Å². The molecule has 0 aromatic carbocycles. The summed E-state index contributed by atoms with van der Waals surface area (Å²) >= 11 is 0. The SMILES string of the molecule is Cn1cc(NC[C@@H]2CCCN2C(=O)OC(C)(C)C)cn1. The van der Waals surface area contributed by atoms with Gasteiger partial charge in [-0.05, 0) is 33.6 Å². The summed E-state index contributed by atoms with van der Waals surface area (Å²) < 4.78 is 7.20. The van der Waals surface area contributed by atoms with Crippen molar-refractivity contribution in [3.05, 3.63) is 12.4 Å². The maximum Gasteiger partial charge on any atom is 0.410 e. The van der Waals surface area contributed by atoms with E-state index in [2.05, 4.69) is 10.4 Å². The molecule has 1 fully saturated rings. The van der Waals surface area contributed by atoms with Gasteiger partial charge in [0.2, 0.25) is 0 Å². The summed E-state index contributed by atoms with van der Waals surface area (Å²) in [5.41, 5.74) is 0.532. The third kappa shape index (κ3) is 3.88. The topological polar surface area (TPSA) is 59.4 Å². The third-order valence-corrected chi connectivity index (χ3v) is 3.25. The quantitative estimate of drug-likeness (QED) is 0.922. The molecule has 1 aromatic heterocycles. The molecule has 1 atom stereocenters. The molecular formula is C14H24N4O2. The normalized spacial score (nSPS) is 19.2. The number of carbonyl (C=O) groups is 1. The minimum atomic E-state index is -0.443. The Hall–Kier alpha value is -1.72. The fourth-order valence-corrected chi connectivity index (χ4v) is 2.36. The van der Waals surface area contributed by atoms with Crippen molar-refractivity contribution in [1.29, 1.82) is 0 Å². The van der Waals surface area contributed by atoms with E-state index in [9.17, 15) is 4.79 Å². The summed E-state index contributed by atoms with van der Waals surface area (Å²) in [7, 11) is 1.88. The van der Waals surface area contributed by atoms with Crippen LogP contribution in [0.25, 0.3) is 0 Å². The molecule has 2 heterocycles. The van der Waals surface area contributed by atoms with E-state index in [4.69, 9.17) is 4.74 Å². The largest absolute Gasteiger partial charge is 0.444 e. The summed E-state index contributed by atoms with van der Waals surface area (Å²) in [6.07, 6.45) is 5.53. The Balaban J connectivity index is 1.88. The Morgan fingerprint density at radius 3 is 2.90 bits per heavy atom. The second-order valence-corrected chi connectivity index (χ2v) is 6.25. The van der Waals surface area contributed by atoms with Crippen LogP contribution in [0.15, 0.2) is 12.4 Å². The van der Waals surface area contributed by atoms with Crippen molar-refractivity contribution in [2.45, 2.75) is 45.3 Å². The summed E-state index contributed by atoms with van der Waals surface area (Å²) in [6.45, 7) is 7.18. The lowest BCUT2D eigenvalue weighted by Crippen LogP contribution is -2.42. The Morgan fingerprint density at radius 2 is 2.30 bits per heavy atom. The van der Waals surface area contributed by atoms with Gasteiger partial charge in [-0.25, -0.2) is 4.79 Å². The van der Waals surface area contributed by atoms with Gasteiger partial charge in [0.15, 0.2) is 0 Å². The van der Waals surface area contributed by atoms with Gasteiger partial charge in [-0.2, -0.15) is 5.10 Å². The van der Waals surface area contributed by atoms with Gasteiger partial charge in [-0.15, -0.1) is 0 Å². The fourth-order valence-electron chi connectivity index (χ4n) is 2.36. The molecule has 0 saturated carbocycles. The van der Waals surface area contributed by atoms with Gasteiger partial charge >= 0.3 is 6.09 Å². The maximum atomic E-state index is 12.1. The van der Waals surface area contributed by atoms with E-state index < -0.39 is 5.60 Å². The lowest BCUT2D eigenvalue weighted by molar-refractivity contribution is 0.0235. The molecule has 6 heteroatoms. The molecule has 1 saturated heterocycles. The molecular weight excluding hydrogens is 256 g/mol. The highest BCUT2D eigenvalue weighted by Crippen LogP contribution is 2.21. The van der Waals surface area contributed by atoms with Crippen molar-refractivity contribution in [3.8, 4) is 0 Å². The first-order valence-corrected chi connectivity index (χ1v) is 7.07. The number of carbonyl (C=O) groups excluding carboxylic acids is 1. The minimum absolute atomic E-state index is 0.185. The van der Waals surface area contributed by atoms with Gasteiger partial charge in [0.05, 0.1) is 17.9 Å². The van der Waals surface area contributed by atoms with E-state index in [1.807, 2.05) is 38.9 Å².